The second-order valence-corrected chi connectivity index (χ2v) is 5.15. The SMILES string of the molecule is NC[C@@]12COC(O1)[C@H](N1C(=O)CCC1=O)[C@@H](O)[C@H]2O. The van der Waals surface area contributed by atoms with Crippen LogP contribution in [-0.4, -0.2) is 70.2 Å². The Morgan fingerprint density at radius 1 is 1.32 bits per heavy atom. The molecule has 0 aromatic carbocycles. The second kappa shape index (κ2) is 4.22. The fourth-order valence-corrected chi connectivity index (χ4v) is 2.93. The maximum absolute atomic E-state index is 11.7. The molecule has 3 heterocycles. The molecule has 5 atom stereocenters. The predicted octanol–water partition coefficient (Wildman–Crippen LogP) is -2.69. The van der Waals surface area contributed by atoms with E-state index in [1.54, 1.807) is 0 Å². The number of aliphatic hydroxyl groups is 2. The van der Waals surface area contributed by atoms with Gasteiger partial charge in [-0.1, -0.05) is 0 Å². The number of ether oxygens (including phenoxy) is 2. The van der Waals surface area contributed by atoms with Crippen molar-refractivity contribution in [3.8, 4) is 0 Å². The lowest BCUT2D eigenvalue weighted by Crippen LogP contribution is -2.67. The van der Waals surface area contributed by atoms with Gasteiger partial charge in [0.15, 0.2) is 6.29 Å². The fourth-order valence-electron chi connectivity index (χ4n) is 2.93. The molecule has 2 amide bonds. The van der Waals surface area contributed by atoms with Gasteiger partial charge >= 0.3 is 0 Å². The van der Waals surface area contributed by atoms with Crippen LogP contribution in [0, 0.1) is 0 Å². The molecule has 8 heteroatoms. The van der Waals surface area contributed by atoms with E-state index >= 15 is 0 Å². The Hall–Kier alpha value is -1.06. The molecule has 3 rings (SSSR count). The third-order valence-corrected chi connectivity index (χ3v) is 4.07. The lowest BCUT2D eigenvalue weighted by atomic mass is 9.87. The van der Waals surface area contributed by atoms with Crippen LogP contribution in [0.5, 0.6) is 0 Å². The highest BCUT2D eigenvalue weighted by atomic mass is 16.7. The molecule has 3 aliphatic heterocycles. The van der Waals surface area contributed by atoms with E-state index in [1.807, 2.05) is 0 Å². The summed E-state index contributed by atoms with van der Waals surface area (Å²) in [5.74, 6) is -0.777. The molecule has 0 saturated carbocycles. The first-order chi connectivity index (χ1) is 9.00. The molecule has 106 valence electrons. The van der Waals surface area contributed by atoms with E-state index in [2.05, 4.69) is 0 Å². The van der Waals surface area contributed by atoms with Crippen molar-refractivity contribution in [1.82, 2.24) is 4.90 Å². The van der Waals surface area contributed by atoms with Crippen molar-refractivity contribution in [1.29, 1.82) is 0 Å². The molecule has 2 bridgehead atoms. The smallest absolute Gasteiger partial charge is 0.230 e. The molecule has 19 heavy (non-hydrogen) atoms. The molecule has 3 fully saturated rings. The Morgan fingerprint density at radius 2 is 1.95 bits per heavy atom. The van der Waals surface area contributed by atoms with Crippen LogP contribution >= 0.6 is 0 Å². The molecule has 3 aliphatic rings. The van der Waals surface area contributed by atoms with Gasteiger partial charge in [0.1, 0.15) is 23.9 Å². The van der Waals surface area contributed by atoms with Gasteiger partial charge in [0.05, 0.1) is 6.61 Å². The average molecular weight is 272 g/mol. The minimum absolute atomic E-state index is 0.0175. The average Bonchev–Trinajstić information content (AvgIpc) is 2.94. The Balaban J connectivity index is 1.92. The van der Waals surface area contributed by atoms with Crippen LogP contribution in [0.1, 0.15) is 12.8 Å². The van der Waals surface area contributed by atoms with Crippen molar-refractivity contribution < 1.29 is 29.3 Å². The summed E-state index contributed by atoms with van der Waals surface area (Å²) in [7, 11) is 0. The highest BCUT2D eigenvalue weighted by Gasteiger charge is 2.61. The van der Waals surface area contributed by atoms with Gasteiger partial charge in [-0.15, -0.1) is 0 Å². The van der Waals surface area contributed by atoms with Crippen LogP contribution in [0.15, 0.2) is 0 Å². The first kappa shape index (κ1) is 12.9. The van der Waals surface area contributed by atoms with E-state index in [0.717, 1.165) is 4.90 Å². The largest absolute Gasteiger partial charge is 0.388 e. The van der Waals surface area contributed by atoms with Gasteiger partial charge in [-0.25, -0.2) is 0 Å². The summed E-state index contributed by atoms with van der Waals surface area (Å²) < 4.78 is 10.9. The van der Waals surface area contributed by atoms with Gasteiger partial charge in [-0.2, -0.15) is 0 Å². The van der Waals surface area contributed by atoms with Crippen molar-refractivity contribution in [2.75, 3.05) is 13.2 Å². The zero-order chi connectivity index (χ0) is 13.8. The van der Waals surface area contributed by atoms with Crippen molar-refractivity contribution in [3.05, 3.63) is 0 Å². The number of hydrogen-bond acceptors (Lipinski definition) is 7. The van der Waals surface area contributed by atoms with E-state index in [4.69, 9.17) is 15.2 Å². The van der Waals surface area contributed by atoms with E-state index in [-0.39, 0.29) is 37.8 Å². The molecule has 4 N–H and O–H groups in total. The van der Waals surface area contributed by atoms with Gasteiger partial charge < -0.3 is 25.4 Å². The Labute approximate surface area is 109 Å². The third kappa shape index (κ3) is 1.65. The van der Waals surface area contributed by atoms with Gasteiger partial charge in [-0.05, 0) is 0 Å². The molecule has 0 spiro atoms. The summed E-state index contributed by atoms with van der Waals surface area (Å²) in [6.07, 6.45) is -3.36. The number of rotatable bonds is 2. The summed E-state index contributed by atoms with van der Waals surface area (Å²) in [4.78, 5) is 24.4. The van der Waals surface area contributed by atoms with E-state index in [9.17, 15) is 19.8 Å². The topological polar surface area (TPSA) is 122 Å². The quantitative estimate of drug-likeness (QED) is 0.468. The molecule has 1 unspecified atom stereocenters. The van der Waals surface area contributed by atoms with Crippen LogP contribution in [0.2, 0.25) is 0 Å². The van der Waals surface area contributed by atoms with Crippen molar-refractivity contribution in [2.24, 2.45) is 5.73 Å². The maximum Gasteiger partial charge on any atom is 0.230 e. The Bertz CT molecular complexity index is 413. The van der Waals surface area contributed by atoms with E-state index in [0.29, 0.717) is 0 Å². The highest BCUT2D eigenvalue weighted by Crippen LogP contribution is 2.39. The Kier molecular flexibility index (Phi) is 2.88. The number of hydrogen-bond donors (Lipinski definition) is 3. The molecule has 0 radical (unpaired) electrons. The number of nitrogens with zero attached hydrogens (tertiary/aromatic N) is 1. The van der Waals surface area contributed by atoms with Crippen LogP contribution < -0.4 is 5.73 Å². The summed E-state index contributed by atoms with van der Waals surface area (Å²) >= 11 is 0. The molecule has 0 aromatic rings. The minimum Gasteiger partial charge on any atom is -0.388 e. The minimum atomic E-state index is -1.32. The number of amides is 2. The van der Waals surface area contributed by atoms with Crippen LogP contribution in [-0.2, 0) is 19.1 Å². The normalized spacial score (nSPS) is 46.2. The van der Waals surface area contributed by atoms with Gasteiger partial charge in [0, 0.05) is 19.4 Å². The molecule has 0 aromatic heterocycles. The number of carbonyl (C=O) groups excluding carboxylic acids is 2. The number of fused-ring (bicyclic) bond motifs is 2. The van der Waals surface area contributed by atoms with Gasteiger partial charge in [0.2, 0.25) is 11.8 Å². The monoisotopic (exact) mass is 272 g/mol. The van der Waals surface area contributed by atoms with Gasteiger partial charge in [0.25, 0.3) is 0 Å². The molecule has 8 nitrogen and oxygen atoms in total. The Morgan fingerprint density at radius 3 is 2.53 bits per heavy atom. The number of likely N-dealkylation sites (tertiary alicyclic amines) is 1. The maximum atomic E-state index is 11.7. The van der Waals surface area contributed by atoms with Crippen molar-refractivity contribution >= 4 is 11.8 Å². The highest BCUT2D eigenvalue weighted by molar-refractivity contribution is 6.02. The fraction of sp³-hybridized carbons (Fsp3) is 0.818. The van der Waals surface area contributed by atoms with Crippen LogP contribution in [0.25, 0.3) is 0 Å². The molecular weight excluding hydrogens is 256 g/mol. The van der Waals surface area contributed by atoms with E-state index < -0.39 is 30.1 Å². The van der Waals surface area contributed by atoms with Crippen LogP contribution in [0.3, 0.4) is 0 Å². The van der Waals surface area contributed by atoms with E-state index in [1.165, 1.54) is 0 Å². The first-order valence-corrected chi connectivity index (χ1v) is 6.21. The summed E-state index contributed by atoms with van der Waals surface area (Å²) in [6.45, 7) is 0.00938. The standard InChI is InChI=1S/C11H16N2O6/c12-3-11-4-18-10(19-11)7(8(16)9(11)17)13-5(14)1-2-6(13)15/h7-10,16-17H,1-4,12H2/t7-,8-,9-,10?,11+/m1/s1. The third-order valence-electron chi connectivity index (χ3n) is 4.07. The number of aliphatic hydroxyl groups excluding tert-OH is 2. The molecule has 3 saturated heterocycles. The molecular formula is C11H16N2O6. The second-order valence-electron chi connectivity index (χ2n) is 5.15. The molecule has 0 aliphatic carbocycles. The number of nitrogens with two attached hydrogens (primary N) is 1. The summed E-state index contributed by atoms with van der Waals surface area (Å²) in [5, 5.41) is 20.3. The summed E-state index contributed by atoms with van der Waals surface area (Å²) in [5.41, 5.74) is 4.40. The predicted molar refractivity (Wildman–Crippen MR) is 59.5 cm³/mol. The van der Waals surface area contributed by atoms with Crippen molar-refractivity contribution in [3.63, 3.8) is 0 Å². The van der Waals surface area contributed by atoms with Crippen LogP contribution in [0.4, 0.5) is 0 Å². The number of imide groups is 1. The zero-order valence-corrected chi connectivity index (χ0v) is 10.2. The van der Waals surface area contributed by atoms with Crippen molar-refractivity contribution in [2.45, 2.75) is 43.0 Å². The first-order valence-electron chi connectivity index (χ1n) is 6.21. The number of carbonyl (C=O) groups is 2. The van der Waals surface area contributed by atoms with Gasteiger partial charge in [-0.3, -0.25) is 14.5 Å². The lowest BCUT2D eigenvalue weighted by Gasteiger charge is -2.44. The lowest BCUT2D eigenvalue weighted by molar-refractivity contribution is -0.238. The zero-order valence-electron chi connectivity index (χ0n) is 10.2. The summed E-state index contributed by atoms with van der Waals surface area (Å²) in [6, 6.07) is -1.01.